The van der Waals surface area contributed by atoms with Crippen LogP contribution in [0.1, 0.15) is 22.3 Å². The van der Waals surface area contributed by atoms with Gasteiger partial charge in [-0.2, -0.15) is 13.2 Å². The Hall–Kier alpha value is -4.31. The summed E-state index contributed by atoms with van der Waals surface area (Å²) < 4.78 is 42.5. The molecule has 4 heteroatoms. The third-order valence-corrected chi connectivity index (χ3v) is 7.51. The zero-order valence-electron chi connectivity index (χ0n) is 20.1. The Morgan fingerprint density at radius 3 is 2.08 bits per heavy atom. The van der Waals surface area contributed by atoms with E-state index in [0.29, 0.717) is 5.39 Å². The number of hydrogen-bond acceptors (Lipinski definition) is 0. The van der Waals surface area contributed by atoms with Crippen LogP contribution in [0.2, 0.25) is 0 Å². The minimum Gasteiger partial charge on any atom is -0.309 e. The van der Waals surface area contributed by atoms with Gasteiger partial charge >= 0.3 is 6.18 Å². The number of aryl methyl sites for hydroxylation is 1. The zero-order chi connectivity index (χ0) is 25.3. The Balaban J connectivity index is 1.34. The van der Waals surface area contributed by atoms with Crippen LogP contribution < -0.4 is 0 Å². The van der Waals surface area contributed by atoms with Crippen LogP contribution in [0, 0.1) is 6.92 Å². The molecule has 0 atom stereocenters. The van der Waals surface area contributed by atoms with Crippen molar-refractivity contribution >= 4 is 21.8 Å². The molecule has 1 aliphatic carbocycles. The van der Waals surface area contributed by atoms with Crippen molar-refractivity contribution in [3.8, 4) is 27.9 Å². The summed E-state index contributed by atoms with van der Waals surface area (Å²) in [5.74, 6) is 0. The largest absolute Gasteiger partial charge is 0.416 e. The van der Waals surface area contributed by atoms with E-state index >= 15 is 0 Å². The first kappa shape index (κ1) is 21.9. The molecular formula is C33H22F3N. The van der Waals surface area contributed by atoms with E-state index in [9.17, 15) is 13.2 Å². The van der Waals surface area contributed by atoms with Crippen LogP contribution in [0.5, 0.6) is 0 Å². The fourth-order valence-corrected chi connectivity index (χ4v) is 5.70. The first-order chi connectivity index (χ1) is 17.9. The quantitative estimate of drug-likeness (QED) is 0.228. The van der Waals surface area contributed by atoms with Crippen molar-refractivity contribution in [2.24, 2.45) is 0 Å². The molecule has 1 aliphatic rings. The van der Waals surface area contributed by atoms with Gasteiger partial charge in [-0.3, -0.25) is 0 Å². The maximum Gasteiger partial charge on any atom is 0.416 e. The van der Waals surface area contributed by atoms with E-state index in [1.54, 1.807) is 6.07 Å². The Morgan fingerprint density at radius 1 is 0.622 bits per heavy atom. The smallest absolute Gasteiger partial charge is 0.309 e. The topological polar surface area (TPSA) is 4.93 Å². The Morgan fingerprint density at radius 2 is 1.30 bits per heavy atom. The SMILES string of the molecule is Cc1ccc2c(c1)c1cc(C(F)(F)F)ccc1n2-c1ccc(-c2ccc3c(c2)-c2ccccc2C3)cc1. The van der Waals surface area contributed by atoms with Crippen LogP contribution in [0.15, 0.2) is 103 Å². The summed E-state index contributed by atoms with van der Waals surface area (Å²) in [4.78, 5) is 0. The normalized spacial score (nSPS) is 12.8. The molecule has 0 fully saturated rings. The Labute approximate surface area is 212 Å². The molecule has 0 spiro atoms. The predicted octanol–water partition coefficient (Wildman–Crippen LogP) is 9.35. The predicted molar refractivity (Wildman–Crippen MR) is 144 cm³/mol. The third-order valence-electron chi connectivity index (χ3n) is 7.51. The average Bonchev–Trinajstić information content (AvgIpc) is 3.43. The molecule has 0 saturated heterocycles. The van der Waals surface area contributed by atoms with E-state index in [1.165, 1.54) is 34.4 Å². The van der Waals surface area contributed by atoms with Gasteiger partial charge in [-0.25, -0.2) is 0 Å². The number of nitrogens with zero attached hydrogens (tertiary/aromatic N) is 1. The molecule has 37 heavy (non-hydrogen) atoms. The van der Waals surface area contributed by atoms with E-state index in [1.807, 2.05) is 41.8 Å². The summed E-state index contributed by atoms with van der Waals surface area (Å²) in [5.41, 5.74) is 10.5. The maximum atomic E-state index is 13.5. The molecule has 1 heterocycles. The monoisotopic (exact) mass is 489 g/mol. The van der Waals surface area contributed by atoms with Crippen molar-refractivity contribution in [3.05, 3.63) is 125 Å². The summed E-state index contributed by atoms with van der Waals surface area (Å²) in [6, 6.07) is 33.4. The number of benzene rings is 5. The van der Waals surface area contributed by atoms with Gasteiger partial charge in [0.15, 0.2) is 0 Å². The highest BCUT2D eigenvalue weighted by molar-refractivity contribution is 6.09. The molecule has 180 valence electrons. The summed E-state index contributed by atoms with van der Waals surface area (Å²) in [7, 11) is 0. The van der Waals surface area contributed by atoms with Gasteiger partial charge in [0.25, 0.3) is 0 Å². The van der Waals surface area contributed by atoms with Crippen LogP contribution in [-0.4, -0.2) is 4.57 Å². The summed E-state index contributed by atoms with van der Waals surface area (Å²) >= 11 is 0. The van der Waals surface area contributed by atoms with E-state index in [0.717, 1.165) is 45.2 Å². The lowest BCUT2D eigenvalue weighted by atomic mass is 9.98. The zero-order valence-corrected chi connectivity index (χ0v) is 20.1. The molecule has 7 rings (SSSR count). The van der Waals surface area contributed by atoms with E-state index < -0.39 is 11.7 Å². The second-order valence-electron chi connectivity index (χ2n) is 9.84. The molecule has 0 saturated carbocycles. The van der Waals surface area contributed by atoms with E-state index in [-0.39, 0.29) is 0 Å². The summed E-state index contributed by atoms with van der Waals surface area (Å²) in [6.45, 7) is 1.96. The highest BCUT2D eigenvalue weighted by Crippen LogP contribution is 2.40. The molecule has 1 nitrogen and oxygen atoms in total. The van der Waals surface area contributed by atoms with Crippen LogP contribution in [-0.2, 0) is 12.6 Å². The third kappa shape index (κ3) is 3.47. The molecule has 0 amide bonds. The van der Waals surface area contributed by atoms with Gasteiger partial charge in [0.2, 0.25) is 0 Å². The van der Waals surface area contributed by atoms with Crippen LogP contribution in [0.3, 0.4) is 0 Å². The fraction of sp³-hybridized carbons (Fsp3) is 0.0909. The van der Waals surface area contributed by atoms with Crippen molar-refractivity contribution in [2.75, 3.05) is 0 Å². The van der Waals surface area contributed by atoms with Crippen LogP contribution >= 0.6 is 0 Å². The first-order valence-electron chi connectivity index (χ1n) is 12.3. The van der Waals surface area contributed by atoms with E-state index in [4.69, 9.17) is 0 Å². The minimum atomic E-state index is -4.38. The van der Waals surface area contributed by atoms with Gasteiger partial charge in [0.05, 0.1) is 16.6 Å². The van der Waals surface area contributed by atoms with Crippen molar-refractivity contribution in [1.29, 1.82) is 0 Å². The Kier molecular flexibility index (Phi) is 4.65. The lowest BCUT2D eigenvalue weighted by molar-refractivity contribution is -0.137. The van der Waals surface area contributed by atoms with Crippen molar-refractivity contribution < 1.29 is 13.2 Å². The van der Waals surface area contributed by atoms with Gasteiger partial charge in [-0.05, 0) is 95.3 Å². The molecular weight excluding hydrogens is 467 g/mol. The van der Waals surface area contributed by atoms with Gasteiger partial charge in [-0.15, -0.1) is 0 Å². The summed E-state index contributed by atoms with van der Waals surface area (Å²) in [6.07, 6.45) is -3.42. The molecule has 6 aromatic rings. The molecule has 5 aromatic carbocycles. The van der Waals surface area contributed by atoms with E-state index in [2.05, 4.69) is 54.6 Å². The fourth-order valence-electron chi connectivity index (χ4n) is 5.70. The van der Waals surface area contributed by atoms with Crippen LogP contribution in [0.25, 0.3) is 49.7 Å². The van der Waals surface area contributed by atoms with Crippen molar-refractivity contribution in [1.82, 2.24) is 4.57 Å². The summed E-state index contributed by atoms with van der Waals surface area (Å²) in [5, 5.41) is 1.43. The lowest BCUT2D eigenvalue weighted by Crippen LogP contribution is -2.04. The number of alkyl halides is 3. The lowest BCUT2D eigenvalue weighted by Gasteiger charge is -2.11. The highest BCUT2D eigenvalue weighted by atomic mass is 19.4. The van der Waals surface area contributed by atoms with Crippen LogP contribution in [0.4, 0.5) is 13.2 Å². The molecule has 0 aliphatic heterocycles. The number of aromatic nitrogens is 1. The number of rotatable bonds is 2. The molecule has 1 aromatic heterocycles. The number of hydrogen-bond donors (Lipinski definition) is 0. The Bertz CT molecular complexity index is 1840. The molecule has 0 radical (unpaired) electrons. The standard InChI is InChI=1S/C33H22F3N/c1-20-6-14-31-29(16-20)30-19-25(33(34,35)36)11-15-32(30)37(31)26-12-9-21(10-13-26)22-7-8-24-17-23-4-2-3-5-27(23)28(24)18-22/h2-16,18-19H,17H2,1H3. The average molecular weight is 490 g/mol. The highest BCUT2D eigenvalue weighted by Gasteiger charge is 2.31. The van der Waals surface area contributed by atoms with Crippen molar-refractivity contribution in [2.45, 2.75) is 19.5 Å². The maximum absolute atomic E-state index is 13.5. The van der Waals surface area contributed by atoms with Crippen molar-refractivity contribution in [3.63, 3.8) is 0 Å². The number of halogens is 3. The second-order valence-corrected chi connectivity index (χ2v) is 9.84. The van der Waals surface area contributed by atoms with Gasteiger partial charge in [-0.1, -0.05) is 60.2 Å². The molecule has 0 N–H and O–H groups in total. The van der Waals surface area contributed by atoms with Gasteiger partial charge in [0, 0.05) is 16.5 Å². The molecule has 0 unspecified atom stereocenters. The molecule has 0 bridgehead atoms. The minimum absolute atomic E-state index is 0.606. The van der Waals surface area contributed by atoms with Gasteiger partial charge < -0.3 is 4.57 Å². The number of fused-ring (bicyclic) bond motifs is 6. The van der Waals surface area contributed by atoms with Gasteiger partial charge in [0.1, 0.15) is 0 Å². The second kappa shape index (κ2) is 7.84. The first-order valence-corrected chi connectivity index (χ1v) is 12.3.